The minimum atomic E-state index is -2.64. The molecule has 14 atom stereocenters. The standard InChI is InChI=1S/C52H89NO12Si/c1-16-39-24-33(8)23-34(9)25-45(61-14)48-46(62-15)27-36(11)52(59,64-48)49(56)50(57)53-22-18-17-19-40(53)51(58)63-47(35(10)26-38-20-21-41(54)44(28-38)60-13)37(12)43(29-42(39)55)65-66(30(2)3,31(4)5)32(6)7/h24,26,30-32,34,36-41,43-48,54,59H,16-23,25,27-29H2,1-15H3. The van der Waals surface area contributed by atoms with E-state index < -0.39 is 86.3 Å². The van der Waals surface area contributed by atoms with Crippen LogP contribution in [-0.2, 0) is 47.3 Å². The summed E-state index contributed by atoms with van der Waals surface area (Å²) in [6.07, 6.45) is 5.16. The van der Waals surface area contributed by atoms with Crippen LogP contribution in [0.5, 0.6) is 0 Å². The Morgan fingerprint density at radius 2 is 1.47 bits per heavy atom. The van der Waals surface area contributed by atoms with Gasteiger partial charge in [-0.3, -0.25) is 14.4 Å². The second-order valence-corrected chi connectivity index (χ2v) is 27.0. The highest BCUT2D eigenvalue weighted by atomic mass is 28.4. The molecule has 0 aromatic carbocycles. The van der Waals surface area contributed by atoms with Gasteiger partial charge in [-0.05, 0) is 112 Å². The summed E-state index contributed by atoms with van der Waals surface area (Å²) in [5.41, 5.74) is 2.47. The Kier molecular flexibility index (Phi) is 20.9. The fourth-order valence-corrected chi connectivity index (χ4v) is 17.8. The normalized spacial score (nSPS) is 36.8. The van der Waals surface area contributed by atoms with Gasteiger partial charge in [0.2, 0.25) is 14.1 Å². The number of hydrogen-bond acceptors (Lipinski definition) is 12. The Morgan fingerprint density at radius 1 is 0.864 bits per heavy atom. The second-order valence-electron chi connectivity index (χ2n) is 21.6. The number of aliphatic hydroxyl groups excluding tert-OH is 1. The molecule has 14 unspecified atom stereocenters. The predicted octanol–water partition coefficient (Wildman–Crippen LogP) is 8.67. The van der Waals surface area contributed by atoms with Gasteiger partial charge in [0.05, 0.1) is 30.5 Å². The number of fused-ring (bicyclic) bond motifs is 3. The molecule has 1 amide bonds. The van der Waals surface area contributed by atoms with Crippen LogP contribution >= 0.6 is 0 Å². The number of hydrogen-bond donors (Lipinski definition) is 2. The highest BCUT2D eigenvalue weighted by Gasteiger charge is 2.57. The van der Waals surface area contributed by atoms with Crippen molar-refractivity contribution in [3.8, 4) is 0 Å². The van der Waals surface area contributed by atoms with E-state index in [1.54, 1.807) is 28.3 Å². The lowest BCUT2D eigenvalue weighted by Crippen LogP contribution is -2.64. The second kappa shape index (κ2) is 24.5. The monoisotopic (exact) mass is 948 g/mol. The number of aliphatic hydroxyl groups is 2. The third-order valence-corrected chi connectivity index (χ3v) is 22.1. The molecule has 0 aromatic heterocycles. The summed E-state index contributed by atoms with van der Waals surface area (Å²) in [7, 11) is 2.08. The van der Waals surface area contributed by atoms with Crippen molar-refractivity contribution in [3.63, 3.8) is 0 Å². The molecule has 3 heterocycles. The molecule has 66 heavy (non-hydrogen) atoms. The maximum absolute atomic E-state index is 14.9. The van der Waals surface area contributed by atoms with Crippen LogP contribution < -0.4 is 0 Å². The van der Waals surface area contributed by atoms with Gasteiger partial charge in [0.15, 0.2) is 0 Å². The Hall–Kier alpha value is -2.30. The zero-order valence-corrected chi connectivity index (χ0v) is 44.3. The smallest absolute Gasteiger partial charge is 0.329 e. The molecule has 0 aromatic rings. The first kappa shape index (κ1) is 56.3. The van der Waals surface area contributed by atoms with Gasteiger partial charge >= 0.3 is 5.97 Å². The molecule has 0 spiro atoms. The van der Waals surface area contributed by atoms with Crippen molar-refractivity contribution in [3.05, 3.63) is 23.3 Å². The van der Waals surface area contributed by atoms with E-state index >= 15 is 0 Å². The minimum Gasteiger partial charge on any atom is -0.456 e. The van der Waals surface area contributed by atoms with E-state index in [0.717, 1.165) is 11.1 Å². The zero-order chi connectivity index (χ0) is 49.4. The summed E-state index contributed by atoms with van der Waals surface area (Å²) in [5.74, 6) is -6.87. The van der Waals surface area contributed by atoms with Gasteiger partial charge < -0.3 is 43.2 Å². The number of esters is 1. The Labute approximate surface area is 398 Å². The molecule has 3 fully saturated rings. The maximum Gasteiger partial charge on any atom is 0.329 e. The highest BCUT2D eigenvalue weighted by molar-refractivity contribution is 6.77. The third kappa shape index (κ3) is 12.7. The lowest BCUT2D eigenvalue weighted by molar-refractivity contribution is -0.302. The zero-order valence-electron chi connectivity index (χ0n) is 43.3. The van der Waals surface area contributed by atoms with E-state index in [0.29, 0.717) is 51.4 Å². The topological polar surface area (TPSA) is 167 Å². The summed E-state index contributed by atoms with van der Waals surface area (Å²) in [4.78, 5) is 60.2. The van der Waals surface area contributed by atoms with Crippen LogP contribution in [0.4, 0.5) is 0 Å². The van der Waals surface area contributed by atoms with E-state index in [4.69, 9.17) is 28.1 Å². The van der Waals surface area contributed by atoms with Crippen molar-refractivity contribution < 1.29 is 57.5 Å². The summed E-state index contributed by atoms with van der Waals surface area (Å²) >= 11 is 0. The molecule has 378 valence electrons. The average Bonchev–Trinajstić information content (AvgIpc) is 3.27. The minimum absolute atomic E-state index is 0.0219. The molecule has 4 rings (SSSR count). The van der Waals surface area contributed by atoms with E-state index in [1.807, 2.05) is 27.7 Å². The number of ether oxygens (including phenoxy) is 5. The number of carbonyl (C=O) groups is 4. The van der Waals surface area contributed by atoms with Crippen LogP contribution in [0.15, 0.2) is 23.3 Å². The summed E-state index contributed by atoms with van der Waals surface area (Å²) in [5, 5.41) is 22.9. The number of nitrogens with zero attached hydrogens (tertiary/aromatic N) is 1. The maximum atomic E-state index is 14.9. The highest BCUT2D eigenvalue weighted by Crippen LogP contribution is 2.46. The SMILES string of the molecule is CCC1C=C(C)CC(C)CC(OC)C2OC(O)(C(=O)C(=O)N3CCCCC3C(=O)OC(C(C)=CC3CCC(O)C(OC)C3)C(C)C(O[Si](C(C)C)(C(C)C)C(C)C)CC1=O)C(C)CC2OC. The molecule has 4 aliphatic rings. The summed E-state index contributed by atoms with van der Waals surface area (Å²) < 4.78 is 38.2. The Morgan fingerprint density at radius 3 is 2.05 bits per heavy atom. The van der Waals surface area contributed by atoms with Crippen LogP contribution in [0, 0.1) is 29.6 Å². The van der Waals surface area contributed by atoms with Gasteiger partial charge in [-0.15, -0.1) is 0 Å². The quantitative estimate of drug-likeness (QED) is 0.0877. The van der Waals surface area contributed by atoms with Crippen molar-refractivity contribution in [1.82, 2.24) is 4.90 Å². The van der Waals surface area contributed by atoms with E-state index in [-0.39, 0.29) is 72.1 Å². The number of methoxy groups -OCH3 is 3. The van der Waals surface area contributed by atoms with Crippen molar-refractivity contribution in [1.29, 1.82) is 0 Å². The van der Waals surface area contributed by atoms with E-state index in [2.05, 4.69) is 60.6 Å². The molecule has 2 N–H and O–H groups in total. The lowest BCUT2D eigenvalue weighted by Gasteiger charge is -2.47. The van der Waals surface area contributed by atoms with Crippen molar-refractivity contribution in [2.45, 2.75) is 225 Å². The first-order chi connectivity index (χ1) is 31.0. The molecular formula is C52H89NO12Si. The number of allylic oxidation sites excluding steroid dienone is 3. The number of Topliss-reactive ketones (excluding diaryl/α,β-unsaturated/α-hetero) is 2. The van der Waals surface area contributed by atoms with Gasteiger partial charge in [0.1, 0.15) is 24.0 Å². The van der Waals surface area contributed by atoms with E-state index in [1.165, 1.54) is 4.90 Å². The van der Waals surface area contributed by atoms with Crippen LogP contribution in [0.1, 0.15) is 154 Å². The molecule has 1 aliphatic carbocycles. The van der Waals surface area contributed by atoms with Gasteiger partial charge in [-0.2, -0.15) is 0 Å². The number of rotatable bonds is 11. The van der Waals surface area contributed by atoms with Crippen molar-refractivity contribution >= 4 is 31.8 Å². The Bertz CT molecular complexity index is 1680. The fourth-order valence-electron chi connectivity index (χ4n) is 12.2. The molecule has 2 bridgehead atoms. The molecule has 0 radical (unpaired) electrons. The molecule has 1 saturated carbocycles. The van der Waals surface area contributed by atoms with E-state index in [9.17, 15) is 29.4 Å². The first-order valence-corrected chi connectivity index (χ1v) is 27.4. The van der Waals surface area contributed by atoms with Gasteiger partial charge in [0.25, 0.3) is 11.7 Å². The van der Waals surface area contributed by atoms with Crippen molar-refractivity contribution in [2.24, 2.45) is 29.6 Å². The summed E-state index contributed by atoms with van der Waals surface area (Å²) in [6, 6.07) is -1.11. The largest absolute Gasteiger partial charge is 0.456 e. The van der Waals surface area contributed by atoms with Crippen LogP contribution in [0.25, 0.3) is 0 Å². The van der Waals surface area contributed by atoms with Gasteiger partial charge in [-0.1, -0.05) is 87.0 Å². The summed E-state index contributed by atoms with van der Waals surface area (Å²) in [6.45, 7) is 25.2. The van der Waals surface area contributed by atoms with Crippen molar-refractivity contribution in [2.75, 3.05) is 27.9 Å². The fraction of sp³-hybridized carbons (Fsp3) is 0.846. The number of carbonyl (C=O) groups excluding carboxylic acids is 4. The van der Waals surface area contributed by atoms with Crippen LogP contribution in [-0.4, -0.2) is 129 Å². The molecular weight excluding hydrogens is 859 g/mol. The first-order valence-electron chi connectivity index (χ1n) is 25.3. The molecule has 3 aliphatic heterocycles. The van der Waals surface area contributed by atoms with Crippen LogP contribution in [0.2, 0.25) is 16.6 Å². The number of amides is 1. The molecule has 13 nitrogen and oxygen atoms in total. The Balaban J connectivity index is 1.93. The number of piperidine rings is 1. The number of cyclic esters (lactones) is 1. The molecule has 2 saturated heterocycles. The van der Waals surface area contributed by atoms with Gasteiger partial charge in [0, 0.05) is 52.0 Å². The lowest BCUT2D eigenvalue weighted by atomic mass is 9.81. The molecule has 14 heteroatoms. The van der Waals surface area contributed by atoms with Gasteiger partial charge in [-0.25, -0.2) is 4.79 Å². The van der Waals surface area contributed by atoms with Crippen LogP contribution in [0.3, 0.4) is 0 Å². The average molecular weight is 948 g/mol. The predicted molar refractivity (Wildman–Crippen MR) is 258 cm³/mol. The number of ketones is 2. The third-order valence-electron chi connectivity index (χ3n) is 15.9.